The van der Waals surface area contributed by atoms with Crippen molar-refractivity contribution in [1.29, 1.82) is 0 Å². The number of alkyl halides is 4. The number of amides is 3. The van der Waals surface area contributed by atoms with Crippen LogP contribution in [0, 0.1) is 11.6 Å². The molecule has 0 saturated heterocycles. The molecule has 14 heteroatoms. The summed E-state index contributed by atoms with van der Waals surface area (Å²) in [6, 6.07) is 4.06. The summed E-state index contributed by atoms with van der Waals surface area (Å²) in [6.45, 7) is -0.810. The molecule has 2 aromatic rings. The van der Waals surface area contributed by atoms with E-state index >= 15 is 0 Å². The van der Waals surface area contributed by atoms with Crippen LogP contribution in [0.25, 0.3) is 0 Å². The van der Waals surface area contributed by atoms with Crippen LogP contribution in [-0.2, 0) is 4.74 Å². The van der Waals surface area contributed by atoms with Gasteiger partial charge in [0.15, 0.2) is 0 Å². The maximum atomic E-state index is 13.6. The van der Waals surface area contributed by atoms with E-state index in [2.05, 4.69) is 10.1 Å². The van der Waals surface area contributed by atoms with Crippen molar-refractivity contribution in [3.05, 3.63) is 57.6 Å². The average Bonchev–Trinajstić information content (AvgIpc) is 2.66. The molecule has 2 aromatic carbocycles. The first kappa shape index (κ1) is 26.9. The molecular weight excluding hydrogens is 520 g/mol. The molecule has 0 aliphatic heterocycles. The molecule has 2 N–H and O–H groups in total. The van der Waals surface area contributed by atoms with Gasteiger partial charge in [0, 0.05) is 19.3 Å². The molecule has 0 aliphatic rings. The summed E-state index contributed by atoms with van der Waals surface area (Å²) in [5, 5.41) is 3.92. The Balaban J connectivity index is 2.04. The number of carbonyl (C=O) groups is 2. The lowest BCUT2D eigenvalue weighted by atomic mass is 10.2. The van der Waals surface area contributed by atoms with E-state index in [1.54, 1.807) is 5.32 Å². The number of anilines is 2. The minimum Gasteiger partial charge on any atom is -0.370 e. The topological polar surface area (TPSA) is 70.7 Å². The van der Waals surface area contributed by atoms with Crippen LogP contribution in [0.5, 0.6) is 0 Å². The second-order valence-corrected chi connectivity index (χ2v) is 7.62. The van der Waals surface area contributed by atoms with Crippen LogP contribution < -0.4 is 15.5 Å². The Morgan fingerprint density at radius 1 is 1.15 bits per heavy atom. The number of benzene rings is 2. The zero-order valence-electron chi connectivity index (χ0n) is 16.6. The predicted octanol–water partition coefficient (Wildman–Crippen LogP) is 5.81. The maximum Gasteiger partial charge on any atom is 0.401 e. The number of likely N-dealkylation sites (N-methyl/N-ethyl adjacent to an activating group) is 1. The van der Waals surface area contributed by atoms with E-state index in [4.69, 9.17) is 34.8 Å². The van der Waals surface area contributed by atoms with Crippen LogP contribution in [0.3, 0.4) is 0 Å². The average molecular weight is 535 g/mol. The van der Waals surface area contributed by atoms with E-state index in [-0.39, 0.29) is 28.0 Å². The molecular formula is C19H15Cl3F5N3O3. The highest BCUT2D eigenvalue weighted by Gasteiger charge is 2.40. The van der Waals surface area contributed by atoms with Crippen molar-refractivity contribution in [2.75, 3.05) is 30.4 Å². The van der Waals surface area contributed by atoms with Crippen LogP contribution in [0.2, 0.25) is 10.0 Å². The molecule has 0 aromatic heterocycles. The Morgan fingerprint density at radius 3 is 2.21 bits per heavy atom. The summed E-state index contributed by atoms with van der Waals surface area (Å²) in [7, 11) is 1.43. The predicted molar refractivity (Wildman–Crippen MR) is 114 cm³/mol. The lowest BCUT2D eigenvalue weighted by Crippen LogP contribution is -2.35. The number of halogens is 8. The minimum absolute atomic E-state index is 0.00616. The molecule has 0 heterocycles. The van der Waals surface area contributed by atoms with E-state index in [1.807, 2.05) is 0 Å². The SMILES string of the molecule is CN(CCOC(F)(F)C(F)Cl)c1c(Cl)cc(NC(=O)NC(=O)c2c(F)cccc2F)cc1Cl. The Hall–Kier alpha value is -2.34. The van der Waals surface area contributed by atoms with Crippen molar-refractivity contribution < 1.29 is 36.3 Å². The van der Waals surface area contributed by atoms with Gasteiger partial charge in [0.05, 0.1) is 22.3 Å². The fourth-order valence-electron chi connectivity index (χ4n) is 2.54. The minimum atomic E-state index is -4.18. The Kier molecular flexibility index (Phi) is 9.12. The van der Waals surface area contributed by atoms with Crippen LogP contribution in [0.4, 0.5) is 38.1 Å². The van der Waals surface area contributed by atoms with Crippen LogP contribution in [0.1, 0.15) is 10.4 Å². The Morgan fingerprint density at radius 2 is 1.70 bits per heavy atom. The van der Waals surface area contributed by atoms with Gasteiger partial charge in [0.2, 0.25) is 0 Å². The monoisotopic (exact) mass is 533 g/mol. The number of ether oxygens (including phenoxy) is 1. The molecule has 33 heavy (non-hydrogen) atoms. The maximum absolute atomic E-state index is 13.6. The van der Waals surface area contributed by atoms with E-state index in [0.29, 0.717) is 0 Å². The summed E-state index contributed by atoms with van der Waals surface area (Å²) in [6.07, 6.45) is -4.18. The van der Waals surface area contributed by atoms with Crippen molar-refractivity contribution in [3.8, 4) is 0 Å². The zero-order valence-corrected chi connectivity index (χ0v) is 18.8. The second kappa shape index (κ2) is 11.2. The zero-order chi connectivity index (χ0) is 24.9. The molecule has 0 fully saturated rings. The van der Waals surface area contributed by atoms with Gasteiger partial charge in [-0.05, 0) is 24.3 Å². The highest BCUT2D eigenvalue weighted by atomic mass is 35.5. The third-order valence-electron chi connectivity index (χ3n) is 4.05. The number of imide groups is 1. The number of nitrogens with one attached hydrogen (secondary N) is 2. The number of hydrogen-bond acceptors (Lipinski definition) is 4. The van der Waals surface area contributed by atoms with Crippen LogP contribution in [-0.4, -0.2) is 43.9 Å². The van der Waals surface area contributed by atoms with Gasteiger partial charge in [0.1, 0.15) is 17.2 Å². The largest absolute Gasteiger partial charge is 0.401 e. The molecule has 180 valence electrons. The summed E-state index contributed by atoms with van der Waals surface area (Å²) in [5.41, 5.74) is -3.79. The van der Waals surface area contributed by atoms with Gasteiger partial charge >= 0.3 is 12.1 Å². The Bertz CT molecular complexity index is 1000. The molecule has 1 atom stereocenters. The summed E-state index contributed by atoms with van der Waals surface area (Å²) >= 11 is 17.0. The molecule has 0 spiro atoms. The first-order valence-electron chi connectivity index (χ1n) is 8.90. The molecule has 3 amide bonds. The first-order valence-corrected chi connectivity index (χ1v) is 10.1. The van der Waals surface area contributed by atoms with E-state index in [9.17, 15) is 31.5 Å². The van der Waals surface area contributed by atoms with Gasteiger partial charge < -0.3 is 15.0 Å². The highest BCUT2D eigenvalue weighted by molar-refractivity contribution is 6.39. The van der Waals surface area contributed by atoms with E-state index in [0.717, 1.165) is 18.2 Å². The molecule has 0 radical (unpaired) electrons. The fourth-order valence-corrected chi connectivity index (χ4v) is 3.38. The third kappa shape index (κ3) is 7.07. The molecule has 0 saturated carbocycles. The van der Waals surface area contributed by atoms with Gasteiger partial charge in [-0.2, -0.15) is 8.78 Å². The quantitative estimate of drug-likeness (QED) is 0.331. The fraction of sp³-hybridized carbons (Fsp3) is 0.263. The second-order valence-electron chi connectivity index (χ2n) is 6.43. The number of carbonyl (C=O) groups excluding carboxylic acids is 2. The molecule has 0 bridgehead atoms. The number of hydrogen-bond donors (Lipinski definition) is 2. The van der Waals surface area contributed by atoms with Gasteiger partial charge in [-0.25, -0.2) is 18.0 Å². The molecule has 6 nitrogen and oxygen atoms in total. The van der Waals surface area contributed by atoms with Crippen molar-refractivity contribution in [1.82, 2.24) is 5.32 Å². The number of nitrogens with zero attached hydrogens (tertiary/aromatic N) is 1. The highest BCUT2D eigenvalue weighted by Crippen LogP contribution is 2.36. The van der Waals surface area contributed by atoms with Crippen molar-refractivity contribution in [3.63, 3.8) is 0 Å². The van der Waals surface area contributed by atoms with E-state index < -0.39 is 47.5 Å². The standard InChI is InChI=1S/C19H15Cl3F5N3O3/c1-30(5-6-33-19(26,27)17(22)25)15-10(20)7-9(8-11(15)21)28-18(32)29-16(31)14-12(23)3-2-4-13(14)24/h2-4,7-8,17H,5-6H2,1H3,(H2,28,29,31,32). The lowest BCUT2D eigenvalue weighted by Gasteiger charge is -2.24. The number of urea groups is 1. The van der Waals surface area contributed by atoms with Gasteiger partial charge in [-0.1, -0.05) is 40.9 Å². The molecule has 0 aliphatic carbocycles. The van der Waals surface area contributed by atoms with Crippen molar-refractivity contribution in [2.24, 2.45) is 0 Å². The van der Waals surface area contributed by atoms with Gasteiger partial charge in [-0.15, -0.1) is 0 Å². The van der Waals surface area contributed by atoms with Crippen molar-refractivity contribution in [2.45, 2.75) is 11.7 Å². The summed E-state index contributed by atoms with van der Waals surface area (Å²) < 4.78 is 70.1. The van der Waals surface area contributed by atoms with Crippen molar-refractivity contribution >= 4 is 58.1 Å². The summed E-state index contributed by atoms with van der Waals surface area (Å²) in [4.78, 5) is 25.3. The smallest absolute Gasteiger partial charge is 0.370 e. The van der Waals surface area contributed by atoms with Gasteiger partial charge in [0.25, 0.3) is 11.5 Å². The third-order valence-corrected chi connectivity index (χ3v) is 4.88. The first-order chi connectivity index (χ1) is 15.3. The van der Waals surface area contributed by atoms with E-state index in [1.165, 1.54) is 24.1 Å². The summed E-state index contributed by atoms with van der Waals surface area (Å²) in [5.74, 6) is -3.64. The van der Waals surface area contributed by atoms with Crippen LogP contribution in [0.15, 0.2) is 30.3 Å². The van der Waals surface area contributed by atoms with Crippen LogP contribution >= 0.6 is 34.8 Å². The Labute approximate surface area is 199 Å². The lowest BCUT2D eigenvalue weighted by molar-refractivity contribution is -0.254. The normalized spacial score (nSPS) is 12.3. The number of rotatable bonds is 8. The van der Waals surface area contributed by atoms with Gasteiger partial charge in [-0.3, -0.25) is 10.1 Å². The molecule has 1 unspecified atom stereocenters. The molecule has 2 rings (SSSR count).